The van der Waals surface area contributed by atoms with E-state index < -0.39 is 0 Å². The molecular formula is C13H16N4O2. The highest BCUT2D eigenvalue weighted by molar-refractivity contribution is 6.05. The quantitative estimate of drug-likeness (QED) is 0.484. The highest BCUT2D eigenvalue weighted by atomic mass is 16.3. The Morgan fingerprint density at radius 2 is 2.16 bits per heavy atom. The fraction of sp³-hybridized carbons (Fsp3) is 0.231. The number of fused-ring (bicyclic) bond motifs is 1. The first-order chi connectivity index (χ1) is 9.13. The van der Waals surface area contributed by atoms with Gasteiger partial charge in [0.1, 0.15) is 5.69 Å². The third-order valence-electron chi connectivity index (χ3n) is 2.84. The van der Waals surface area contributed by atoms with Crippen LogP contribution in [-0.4, -0.2) is 40.0 Å². The number of nitrogens with zero attached hydrogens (tertiary/aromatic N) is 1. The zero-order valence-electron chi connectivity index (χ0n) is 10.4. The molecule has 1 aromatic heterocycles. The number of aliphatic hydroxyl groups is 1. The molecule has 0 spiro atoms. The van der Waals surface area contributed by atoms with Gasteiger partial charge in [-0.2, -0.15) is 0 Å². The lowest BCUT2D eigenvalue weighted by atomic mass is 10.2. The first-order valence-corrected chi connectivity index (χ1v) is 5.98. The van der Waals surface area contributed by atoms with Crippen molar-refractivity contribution in [3.63, 3.8) is 0 Å². The fourth-order valence-corrected chi connectivity index (χ4v) is 1.89. The van der Waals surface area contributed by atoms with E-state index in [1.54, 1.807) is 6.07 Å². The largest absolute Gasteiger partial charge is 0.396 e. The minimum Gasteiger partial charge on any atom is -0.396 e. The first kappa shape index (κ1) is 13.1. The van der Waals surface area contributed by atoms with Gasteiger partial charge < -0.3 is 15.8 Å². The second-order valence-corrected chi connectivity index (χ2v) is 4.19. The summed E-state index contributed by atoms with van der Waals surface area (Å²) in [6, 6.07) is 9.26. The summed E-state index contributed by atoms with van der Waals surface area (Å²) in [5, 5.41) is 17.2. The number of H-pyrrole nitrogens is 1. The van der Waals surface area contributed by atoms with Crippen LogP contribution in [0, 0.1) is 5.41 Å². The van der Waals surface area contributed by atoms with Crippen LogP contribution in [-0.2, 0) is 0 Å². The van der Waals surface area contributed by atoms with Crippen molar-refractivity contribution in [2.75, 3.05) is 13.2 Å². The van der Waals surface area contributed by atoms with E-state index in [1.807, 2.05) is 24.3 Å². The zero-order chi connectivity index (χ0) is 13.8. The third kappa shape index (κ3) is 2.74. The molecule has 0 fully saturated rings. The predicted octanol–water partition coefficient (Wildman–Crippen LogP) is 0.886. The number of hydrogen-bond acceptors (Lipinski definition) is 3. The van der Waals surface area contributed by atoms with Gasteiger partial charge >= 0.3 is 0 Å². The number of guanidine groups is 1. The predicted molar refractivity (Wildman–Crippen MR) is 73.0 cm³/mol. The van der Waals surface area contributed by atoms with Crippen molar-refractivity contribution in [1.82, 2.24) is 9.88 Å². The molecular weight excluding hydrogens is 244 g/mol. The minimum atomic E-state index is -0.364. The summed E-state index contributed by atoms with van der Waals surface area (Å²) >= 11 is 0. The van der Waals surface area contributed by atoms with Crippen LogP contribution < -0.4 is 5.73 Å². The van der Waals surface area contributed by atoms with Gasteiger partial charge in [-0.3, -0.25) is 15.1 Å². The Labute approximate surface area is 110 Å². The molecule has 0 atom stereocenters. The van der Waals surface area contributed by atoms with Crippen molar-refractivity contribution >= 4 is 22.8 Å². The molecule has 1 aromatic carbocycles. The number of aromatic amines is 1. The monoisotopic (exact) mass is 260 g/mol. The van der Waals surface area contributed by atoms with Crippen LogP contribution in [0.5, 0.6) is 0 Å². The Balaban J connectivity index is 2.27. The highest BCUT2D eigenvalue weighted by Gasteiger charge is 2.19. The van der Waals surface area contributed by atoms with Gasteiger partial charge in [-0.15, -0.1) is 0 Å². The summed E-state index contributed by atoms with van der Waals surface area (Å²) in [6.07, 6.45) is 0.381. The minimum absolute atomic E-state index is 0.0518. The number of carbonyl (C=O) groups excluding carboxylic acids is 1. The number of nitrogens with two attached hydrogens (primary N) is 1. The number of carbonyl (C=O) groups is 1. The summed E-state index contributed by atoms with van der Waals surface area (Å²) in [5.74, 6) is -0.686. The molecule has 0 saturated carbocycles. The maximum absolute atomic E-state index is 12.3. The third-order valence-corrected chi connectivity index (χ3v) is 2.84. The summed E-state index contributed by atoms with van der Waals surface area (Å²) in [4.78, 5) is 16.4. The van der Waals surface area contributed by atoms with Crippen molar-refractivity contribution < 1.29 is 9.90 Å². The summed E-state index contributed by atoms with van der Waals surface area (Å²) in [6.45, 7) is 0.170. The van der Waals surface area contributed by atoms with Gasteiger partial charge in [0.05, 0.1) is 0 Å². The Hall–Kier alpha value is -2.34. The Bertz CT molecular complexity index is 572. The second-order valence-electron chi connectivity index (χ2n) is 4.19. The molecule has 19 heavy (non-hydrogen) atoms. The van der Waals surface area contributed by atoms with E-state index in [0.717, 1.165) is 15.8 Å². The number of benzene rings is 1. The molecule has 0 aliphatic rings. The number of para-hydroxylation sites is 1. The van der Waals surface area contributed by atoms with E-state index in [-0.39, 0.29) is 25.0 Å². The van der Waals surface area contributed by atoms with E-state index in [4.69, 9.17) is 16.2 Å². The molecule has 0 radical (unpaired) electrons. The lowest BCUT2D eigenvalue weighted by molar-refractivity contribution is 0.0833. The number of rotatable bonds is 4. The van der Waals surface area contributed by atoms with Gasteiger partial charge in [0.25, 0.3) is 5.91 Å². The standard InChI is InChI=1S/C13H16N4O2/c14-13(15)17(6-3-7-18)12(19)11-8-9-4-1-2-5-10(9)16-11/h1-2,4-5,8,16,18H,3,6-7H2,(H3,14,15). The van der Waals surface area contributed by atoms with Crippen LogP contribution >= 0.6 is 0 Å². The Morgan fingerprint density at radius 3 is 2.79 bits per heavy atom. The number of aliphatic hydroxyl groups excluding tert-OH is 1. The number of hydrogen-bond donors (Lipinski definition) is 4. The average molecular weight is 260 g/mol. The molecule has 2 aromatic rings. The van der Waals surface area contributed by atoms with E-state index in [2.05, 4.69) is 4.98 Å². The topological polar surface area (TPSA) is 106 Å². The van der Waals surface area contributed by atoms with Crippen molar-refractivity contribution in [2.24, 2.45) is 5.73 Å². The Morgan fingerprint density at radius 1 is 1.42 bits per heavy atom. The maximum atomic E-state index is 12.3. The van der Waals surface area contributed by atoms with E-state index in [1.165, 1.54) is 0 Å². The van der Waals surface area contributed by atoms with Crippen LogP contribution in [0.4, 0.5) is 0 Å². The summed E-state index contributed by atoms with van der Waals surface area (Å²) in [5.41, 5.74) is 6.64. The average Bonchev–Trinajstić information content (AvgIpc) is 2.82. The van der Waals surface area contributed by atoms with Crippen LogP contribution in [0.2, 0.25) is 0 Å². The van der Waals surface area contributed by atoms with E-state index in [9.17, 15) is 4.79 Å². The van der Waals surface area contributed by atoms with E-state index >= 15 is 0 Å². The lowest BCUT2D eigenvalue weighted by Gasteiger charge is -2.19. The lowest BCUT2D eigenvalue weighted by Crippen LogP contribution is -2.42. The van der Waals surface area contributed by atoms with E-state index in [0.29, 0.717) is 12.1 Å². The van der Waals surface area contributed by atoms with Crippen molar-refractivity contribution in [2.45, 2.75) is 6.42 Å². The van der Waals surface area contributed by atoms with Gasteiger partial charge in [-0.25, -0.2) is 0 Å². The molecule has 2 rings (SSSR count). The summed E-state index contributed by atoms with van der Waals surface area (Å²) in [7, 11) is 0. The van der Waals surface area contributed by atoms with Crippen LogP contribution in [0.1, 0.15) is 16.9 Å². The maximum Gasteiger partial charge on any atom is 0.276 e. The highest BCUT2D eigenvalue weighted by Crippen LogP contribution is 2.16. The van der Waals surface area contributed by atoms with Crippen LogP contribution in [0.3, 0.4) is 0 Å². The van der Waals surface area contributed by atoms with Gasteiger partial charge in [0, 0.05) is 24.1 Å². The Kier molecular flexibility index (Phi) is 3.82. The molecule has 1 heterocycles. The molecule has 100 valence electrons. The SMILES string of the molecule is N=C(N)N(CCCO)C(=O)c1cc2ccccc2[nH]1. The summed E-state index contributed by atoms with van der Waals surface area (Å²) < 4.78 is 0. The smallest absolute Gasteiger partial charge is 0.276 e. The molecule has 0 aliphatic heterocycles. The molecule has 6 heteroatoms. The zero-order valence-corrected chi connectivity index (χ0v) is 10.4. The first-order valence-electron chi connectivity index (χ1n) is 5.98. The normalized spacial score (nSPS) is 10.6. The molecule has 0 bridgehead atoms. The molecule has 6 nitrogen and oxygen atoms in total. The molecule has 0 unspecified atom stereocenters. The van der Waals surface area contributed by atoms with Gasteiger partial charge in [0.15, 0.2) is 5.96 Å². The molecule has 1 amide bonds. The molecule has 5 N–H and O–H groups in total. The van der Waals surface area contributed by atoms with Crippen molar-refractivity contribution in [3.05, 3.63) is 36.0 Å². The second kappa shape index (κ2) is 5.53. The fourth-order valence-electron chi connectivity index (χ4n) is 1.89. The van der Waals surface area contributed by atoms with Gasteiger partial charge in [-0.05, 0) is 18.6 Å². The molecule has 0 aliphatic carbocycles. The number of amides is 1. The molecule has 0 saturated heterocycles. The number of nitrogens with one attached hydrogen (secondary N) is 2. The van der Waals surface area contributed by atoms with Crippen LogP contribution in [0.25, 0.3) is 10.9 Å². The van der Waals surface area contributed by atoms with Crippen molar-refractivity contribution in [3.8, 4) is 0 Å². The number of aromatic nitrogens is 1. The van der Waals surface area contributed by atoms with Crippen LogP contribution in [0.15, 0.2) is 30.3 Å². The van der Waals surface area contributed by atoms with Crippen molar-refractivity contribution in [1.29, 1.82) is 5.41 Å². The van der Waals surface area contributed by atoms with Gasteiger partial charge in [-0.1, -0.05) is 18.2 Å². The van der Waals surface area contributed by atoms with Gasteiger partial charge in [0.2, 0.25) is 0 Å².